The Labute approximate surface area is 148 Å². The molecule has 25 heavy (non-hydrogen) atoms. The number of carbonyl (C=O) groups is 2. The number of nitrogens with one attached hydrogen (secondary N) is 2. The first-order valence-corrected chi connectivity index (χ1v) is 9.24. The van der Waals surface area contributed by atoms with E-state index in [2.05, 4.69) is 10.6 Å². The molecule has 136 valence electrons. The normalized spacial score (nSPS) is 20.3. The molecule has 6 nitrogen and oxygen atoms in total. The average molecular weight is 345 g/mol. The van der Waals surface area contributed by atoms with E-state index in [4.69, 9.17) is 4.74 Å². The molecule has 0 bridgehead atoms. The van der Waals surface area contributed by atoms with Crippen molar-refractivity contribution in [3.05, 3.63) is 29.8 Å². The van der Waals surface area contributed by atoms with Gasteiger partial charge in [0.05, 0.1) is 12.6 Å². The van der Waals surface area contributed by atoms with Gasteiger partial charge in [-0.3, -0.25) is 9.59 Å². The molecule has 2 amide bonds. The van der Waals surface area contributed by atoms with Gasteiger partial charge in [0.15, 0.2) is 0 Å². The quantitative estimate of drug-likeness (QED) is 0.827. The highest BCUT2D eigenvalue weighted by atomic mass is 16.5. The summed E-state index contributed by atoms with van der Waals surface area (Å²) in [5.74, 6) is 0.00874. The summed E-state index contributed by atoms with van der Waals surface area (Å²) >= 11 is 0. The maximum Gasteiger partial charge on any atom is 0.251 e. The van der Waals surface area contributed by atoms with E-state index in [1.165, 1.54) is 6.42 Å². The molecule has 3 rings (SSSR count). The summed E-state index contributed by atoms with van der Waals surface area (Å²) in [5.41, 5.74) is 1.38. The van der Waals surface area contributed by atoms with Gasteiger partial charge in [-0.1, -0.05) is 6.07 Å². The number of hydrogen-bond acceptors (Lipinski definition) is 4. The van der Waals surface area contributed by atoms with Crippen LogP contribution in [0.25, 0.3) is 0 Å². The molecule has 1 unspecified atom stereocenters. The van der Waals surface area contributed by atoms with Crippen LogP contribution < -0.4 is 10.6 Å². The van der Waals surface area contributed by atoms with Gasteiger partial charge in [0.1, 0.15) is 0 Å². The summed E-state index contributed by atoms with van der Waals surface area (Å²) in [4.78, 5) is 26.4. The maximum atomic E-state index is 12.3. The molecular weight excluding hydrogens is 318 g/mol. The number of hydrogen-bond donors (Lipinski definition) is 2. The van der Waals surface area contributed by atoms with Crippen molar-refractivity contribution in [3.63, 3.8) is 0 Å². The second-order valence-corrected chi connectivity index (χ2v) is 6.72. The van der Waals surface area contributed by atoms with Gasteiger partial charge in [-0.15, -0.1) is 0 Å². The van der Waals surface area contributed by atoms with Gasteiger partial charge in [-0.25, -0.2) is 0 Å². The molecule has 0 saturated carbocycles. The molecule has 0 radical (unpaired) electrons. The van der Waals surface area contributed by atoms with Crippen LogP contribution in [0.2, 0.25) is 0 Å². The average Bonchev–Trinajstić information content (AvgIpc) is 3.19. The summed E-state index contributed by atoms with van der Waals surface area (Å²) in [5, 5.41) is 6.06. The molecule has 2 aliphatic heterocycles. The molecule has 0 spiro atoms. The van der Waals surface area contributed by atoms with Crippen LogP contribution in [0.15, 0.2) is 24.3 Å². The lowest BCUT2D eigenvalue weighted by Crippen LogP contribution is -2.39. The zero-order valence-corrected chi connectivity index (χ0v) is 14.6. The third kappa shape index (κ3) is 5.19. The molecule has 1 atom stereocenters. The molecule has 1 aromatic carbocycles. The Kier molecular flexibility index (Phi) is 6.28. The van der Waals surface area contributed by atoms with Gasteiger partial charge in [0, 0.05) is 37.5 Å². The number of anilines is 1. The van der Waals surface area contributed by atoms with Crippen LogP contribution >= 0.6 is 0 Å². The summed E-state index contributed by atoms with van der Waals surface area (Å²) < 4.78 is 5.52. The van der Waals surface area contributed by atoms with Crippen molar-refractivity contribution in [2.24, 2.45) is 0 Å². The van der Waals surface area contributed by atoms with Crippen LogP contribution in [-0.4, -0.2) is 55.6 Å². The first-order valence-electron chi connectivity index (χ1n) is 9.24. The van der Waals surface area contributed by atoms with Crippen molar-refractivity contribution in [3.8, 4) is 0 Å². The minimum absolute atomic E-state index is 0.110. The van der Waals surface area contributed by atoms with Gasteiger partial charge in [-0.2, -0.15) is 0 Å². The minimum Gasteiger partial charge on any atom is -0.376 e. The van der Waals surface area contributed by atoms with Crippen LogP contribution in [0.5, 0.6) is 0 Å². The predicted molar refractivity (Wildman–Crippen MR) is 96.7 cm³/mol. The summed E-state index contributed by atoms with van der Waals surface area (Å²) in [7, 11) is 0. The van der Waals surface area contributed by atoms with Crippen LogP contribution in [0.4, 0.5) is 5.69 Å². The van der Waals surface area contributed by atoms with Crippen LogP contribution in [0, 0.1) is 0 Å². The van der Waals surface area contributed by atoms with Gasteiger partial charge in [0.2, 0.25) is 5.91 Å². The second-order valence-electron chi connectivity index (χ2n) is 6.72. The highest BCUT2D eigenvalue weighted by Crippen LogP contribution is 2.14. The van der Waals surface area contributed by atoms with E-state index in [1.807, 2.05) is 17.0 Å². The molecule has 2 fully saturated rings. The number of nitrogens with zero attached hydrogens (tertiary/aromatic N) is 1. The Balaban J connectivity index is 1.48. The van der Waals surface area contributed by atoms with Crippen molar-refractivity contribution in [2.75, 3.05) is 38.1 Å². The molecule has 0 aliphatic carbocycles. The molecule has 0 aromatic heterocycles. The molecule has 2 N–H and O–H groups in total. The summed E-state index contributed by atoms with van der Waals surface area (Å²) in [6.07, 6.45) is 5.58. The number of ether oxygens (including phenoxy) is 1. The van der Waals surface area contributed by atoms with Crippen LogP contribution in [-0.2, 0) is 9.53 Å². The van der Waals surface area contributed by atoms with E-state index < -0.39 is 0 Å². The maximum absolute atomic E-state index is 12.3. The lowest BCUT2D eigenvalue weighted by molar-refractivity contribution is -0.130. The summed E-state index contributed by atoms with van der Waals surface area (Å²) in [6, 6.07) is 7.27. The Bertz CT molecular complexity index is 593. The van der Waals surface area contributed by atoms with E-state index in [9.17, 15) is 9.59 Å². The SMILES string of the molecule is O=C(NCC1CCCO1)c1cccc(NCC(=O)N2CCCCC2)c1. The Morgan fingerprint density at radius 1 is 1.16 bits per heavy atom. The van der Waals surface area contributed by atoms with Crippen LogP contribution in [0.1, 0.15) is 42.5 Å². The number of rotatable bonds is 6. The van der Waals surface area contributed by atoms with Crippen molar-refractivity contribution in [1.29, 1.82) is 0 Å². The van der Waals surface area contributed by atoms with E-state index in [0.717, 1.165) is 51.1 Å². The molecular formula is C19H27N3O3. The van der Waals surface area contributed by atoms with E-state index >= 15 is 0 Å². The summed E-state index contributed by atoms with van der Waals surface area (Å²) in [6.45, 7) is 3.30. The third-order valence-electron chi connectivity index (χ3n) is 4.79. The zero-order valence-electron chi connectivity index (χ0n) is 14.6. The molecule has 1 aromatic rings. The Morgan fingerprint density at radius 3 is 2.76 bits per heavy atom. The van der Waals surface area contributed by atoms with Gasteiger partial charge < -0.3 is 20.3 Å². The minimum atomic E-state index is -0.110. The van der Waals surface area contributed by atoms with Crippen molar-refractivity contribution in [2.45, 2.75) is 38.2 Å². The van der Waals surface area contributed by atoms with Crippen molar-refractivity contribution >= 4 is 17.5 Å². The zero-order chi connectivity index (χ0) is 17.5. The fraction of sp³-hybridized carbons (Fsp3) is 0.579. The molecule has 2 aliphatic rings. The number of piperidine rings is 1. The first-order chi connectivity index (χ1) is 12.2. The fourth-order valence-electron chi connectivity index (χ4n) is 3.32. The van der Waals surface area contributed by atoms with Gasteiger partial charge in [-0.05, 0) is 50.3 Å². The second kappa shape index (κ2) is 8.85. The topological polar surface area (TPSA) is 70.7 Å². The Morgan fingerprint density at radius 2 is 2.00 bits per heavy atom. The first kappa shape index (κ1) is 17.7. The number of likely N-dealkylation sites (tertiary alicyclic amines) is 1. The van der Waals surface area contributed by atoms with E-state index in [0.29, 0.717) is 12.1 Å². The number of benzene rings is 1. The van der Waals surface area contributed by atoms with Crippen LogP contribution in [0.3, 0.4) is 0 Å². The molecule has 2 heterocycles. The lowest BCUT2D eigenvalue weighted by Gasteiger charge is -2.26. The lowest BCUT2D eigenvalue weighted by atomic mass is 10.1. The number of carbonyl (C=O) groups excluding carboxylic acids is 2. The van der Waals surface area contributed by atoms with Gasteiger partial charge >= 0.3 is 0 Å². The smallest absolute Gasteiger partial charge is 0.251 e. The van der Waals surface area contributed by atoms with E-state index in [-0.39, 0.29) is 24.5 Å². The standard InChI is InChI=1S/C19H27N3O3/c23-18(22-9-2-1-3-10-22)14-20-16-7-4-6-15(12-16)19(24)21-13-17-8-5-11-25-17/h4,6-7,12,17,20H,1-3,5,8-11,13-14H2,(H,21,24). The predicted octanol–water partition coefficient (Wildman–Crippen LogP) is 2.02. The Hall–Kier alpha value is -2.08. The third-order valence-corrected chi connectivity index (χ3v) is 4.79. The van der Waals surface area contributed by atoms with E-state index in [1.54, 1.807) is 12.1 Å². The molecule has 2 saturated heterocycles. The highest BCUT2D eigenvalue weighted by molar-refractivity contribution is 5.95. The molecule has 6 heteroatoms. The van der Waals surface area contributed by atoms with Crippen molar-refractivity contribution < 1.29 is 14.3 Å². The largest absolute Gasteiger partial charge is 0.376 e. The van der Waals surface area contributed by atoms with Gasteiger partial charge in [0.25, 0.3) is 5.91 Å². The monoisotopic (exact) mass is 345 g/mol. The fourth-order valence-corrected chi connectivity index (χ4v) is 3.32. The number of amides is 2. The van der Waals surface area contributed by atoms with Crippen molar-refractivity contribution in [1.82, 2.24) is 10.2 Å². The highest BCUT2D eigenvalue weighted by Gasteiger charge is 2.18.